The van der Waals surface area contributed by atoms with Crippen molar-refractivity contribution in [2.45, 2.75) is 0 Å². The lowest BCUT2D eigenvalue weighted by molar-refractivity contribution is 0.663. The Morgan fingerprint density at radius 1 is 0.281 bits per heavy atom. The summed E-state index contributed by atoms with van der Waals surface area (Å²) in [5.41, 5.74) is 16.2. The molecule has 4 heteroatoms. The molecule has 64 heavy (non-hydrogen) atoms. The number of para-hydroxylation sites is 4. The fourth-order valence-corrected chi connectivity index (χ4v) is 10.6. The summed E-state index contributed by atoms with van der Waals surface area (Å²) in [4.78, 5) is 0. The maximum absolute atomic E-state index is 7.67. The van der Waals surface area contributed by atoms with Gasteiger partial charge in [0.1, 0.15) is 16.7 Å². The molecule has 4 nitrogen and oxygen atoms in total. The zero-order valence-corrected chi connectivity index (χ0v) is 34.5. The number of furan rings is 2. The molecule has 14 rings (SSSR count). The van der Waals surface area contributed by atoms with Crippen molar-refractivity contribution in [2.75, 3.05) is 0 Å². The first-order valence-corrected chi connectivity index (χ1v) is 21.8. The second kappa shape index (κ2) is 13.4. The monoisotopic (exact) mass is 816 g/mol. The van der Waals surface area contributed by atoms with Crippen LogP contribution in [-0.2, 0) is 0 Å². The van der Waals surface area contributed by atoms with Crippen molar-refractivity contribution >= 4 is 87.5 Å². The number of hydrogen-bond donors (Lipinski definition) is 0. The summed E-state index contributed by atoms with van der Waals surface area (Å²) in [7, 11) is 0. The lowest BCUT2D eigenvalue weighted by Gasteiger charge is -2.14. The van der Waals surface area contributed by atoms with Crippen LogP contribution < -0.4 is 0 Å². The van der Waals surface area contributed by atoms with Gasteiger partial charge in [0, 0.05) is 59.9 Å². The highest BCUT2D eigenvalue weighted by atomic mass is 16.3. The van der Waals surface area contributed by atoms with E-state index in [0.29, 0.717) is 0 Å². The van der Waals surface area contributed by atoms with Crippen molar-refractivity contribution in [1.82, 2.24) is 9.13 Å². The Labute approximate surface area is 367 Å². The largest absolute Gasteiger partial charge is 0.455 e. The Kier molecular flexibility index (Phi) is 7.36. The third-order valence-corrected chi connectivity index (χ3v) is 13.3. The molecule has 0 aliphatic rings. The lowest BCUT2D eigenvalue weighted by atomic mass is 9.89. The highest BCUT2D eigenvalue weighted by Crippen LogP contribution is 2.52. The van der Waals surface area contributed by atoms with E-state index in [1.165, 1.54) is 21.5 Å². The van der Waals surface area contributed by atoms with Gasteiger partial charge < -0.3 is 18.0 Å². The summed E-state index contributed by atoms with van der Waals surface area (Å²) < 4.78 is 19.7. The number of aromatic nitrogens is 2. The van der Waals surface area contributed by atoms with E-state index in [4.69, 9.17) is 8.83 Å². The van der Waals surface area contributed by atoms with Crippen LogP contribution in [0.15, 0.2) is 227 Å². The molecule has 4 aromatic heterocycles. The average molecular weight is 817 g/mol. The second-order valence-corrected chi connectivity index (χ2v) is 16.8. The lowest BCUT2D eigenvalue weighted by Crippen LogP contribution is -1.99. The third-order valence-electron chi connectivity index (χ3n) is 13.3. The van der Waals surface area contributed by atoms with E-state index in [0.717, 1.165) is 111 Å². The summed E-state index contributed by atoms with van der Waals surface area (Å²) in [6.07, 6.45) is 0. The maximum Gasteiger partial charge on any atom is 0.159 e. The number of benzene rings is 10. The van der Waals surface area contributed by atoms with Crippen LogP contribution >= 0.6 is 0 Å². The van der Waals surface area contributed by atoms with Gasteiger partial charge in [-0.05, 0) is 70.8 Å². The highest BCUT2D eigenvalue weighted by Gasteiger charge is 2.29. The first kappa shape index (κ1) is 35.0. The summed E-state index contributed by atoms with van der Waals surface area (Å²) in [5, 5.41) is 8.93. The van der Waals surface area contributed by atoms with Crippen LogP contribution in [0.2, 0.25) is 0 Å². The SMILES string of the molecule is c1ccc(-c2ccc3oc4c(-c5ccccc5)c(-c5ccccc5)c5oc6c(-n7c8ccccc8c8ccccc87)cc(-n7c8ccccc8c8ccccc87)cc6c5c4c3c2)cc1. The van der Waals surface area contributed by atoms with E-state index in [-0.39, 0.29) is 0 Å². The van der Waals surface area contributed by atoms with E-state index in [1.54, 1.807) is 0 Å². The first-order chi connectivity index (χ1) is 31.8. The molecule has 298 valence electrons. The predicted octanol–water partition coefficient (Wildman–Crippen LogP) is 16.7. The Bertz CT molecular complexity index is 4060. The van der Waals surface area contributed by atoms with Crippen LogP contribution in [-0.4, -0.2) is 9.13 Å². The van der Waals surface area contributed by atoms with Gasteiger partial charge in [-0.25, -0.2) is 0 Å². The van der Waals surface area contributed by atoms with Crippen molar-refractivity contribution in [3.8, 4) is 44.8 Å². The smallest absolute Gasteiger partial charge is 0.159 e. The topological polar surface area (TPSA) is 36.1 Å². The van der Waals surface area contributed by atoms with Gasteiger partial charge in [-0.15, -0.1) is 0 Å². The summed E-state index contributed by atoms with van der Waals surface area (Å²) in [6, 6.07) is 78.1. The highest BCUT2D eigenvalue weighted by molar-refractivity contribution is 6.33. The molecule has 0 saturated carbocycles. The second-order valence-electron chi connectivity index (χ2n) is 16.8. The van der Waals surface area contributed by atoms with Crippen LogP contribution in [0, 0.1) is 0 Å². The summed E-state index contributed by atoms with van der Waals surface area (Å²) >= 11 is 0. The molecular formula is C60H36N2O2. The molecule has 0 aliphatic heterocycles. The van der Waals surface area contributed by atoms with Gasteiger partial charge in [-0.1, -0.05) is 170 Å². The number of nitrogens with zero attached hydrogens (tertiary/aromatic N) is 2. The summed E-state index contributed by atoms with van der Waals surface area (Å²) in [6.45, 7) is 0. The van der Waals surface area contributed by atoms with Crippen LogP contribution in [0.5, 0.6) is 0 Å². The Balaban J connectivity index is 1.25. The zero-order valence-electron chi connectivity index (χ0n) is 34.5. The minimum Gasteiger partial charge on any atom is -0.455 e. The van der Waals surface area contributed by atoms with Crippen LogP contribution in [0.25, 0.3) is 132 Å². The van der Waals surface area contributed by atoms with Crippen molar-refractivity contribution in [2.24, 2.45) is 0 Å². The Morgan fingerprint density at radius 3 is 1.25 bits per heavy atom. The fourth-order valence-electron chi connectivity index (χ4n) is 10.6. The van der Waals surface area contributed by atoms with E-state index < -0.39 is 0 Å². The minimum atomic E-state index is 0.809. The van der Waals surface area contributed by atoms with Crippen molar-refractivity contribution < 1.29 is 8.83 Å². The van der Waals surface area contributed by atoms with Crippen LogP contribution in [0.4, 0.5) is 0 Å². The molecule has 0 atom stereocenters. The van der Waals surface area contributed by atoms with Crippen molar-refractivity contribution in [3.05, 3.63) is 218 Å². The predicted molar refractivity (Wildman–Crippen MR) is 266 cm³/mol. The van der Waals surface area contributed by atoms with Crippen molar-refractivity contribution in [1.29, 1.82) is 0 Å². The molecule has 0 bridgehead atoms. The summed E-state index contributed by atoms with van der Waals surface area (Å²) in [5.74, 6) is 0. The zero-order chi connectivity index (χ0) is 41.9. The van der Waals surface area contributed by atoms with Gasteiger partial charge in [0.25, 0.3) is 0 Å². The molecular weight excluding hydrogens is 781 g/mol. The maximum atomic E-state index is 7.67. The van der Waals surface area contributed by atoms with E-state index >= 15 is 0 Å². The molecule has 0 amide bonds. The molecule has 0 fully saturated rings. The normalized spacial score (nSPS) is 12.1. The van der Waals surface area contributed by atoms with E-state index in [2.05, 4.69) is 228 Å². The number of fused-ring (bicyclic) bond motifs is 13. The molecule has 0 spiro atoms. The van der Waals surface area contributed by atoms with Gasteiger partial charge in [0.2, 0.25) is 0 Å². The standard InChI is InChI=1S/C60H36N2O2/c1-4-18-37(19-5-1)40-32-33-53-46(34-40)56-57-47-35-41(61-48-28-14-10-24-42(48)43-25-11-15-29-49(43)61)36-52(62-50-30-16-12-26-44(50)45-27-13-17-31-51(45)62)58(47)64-60(57)55(39-22-8-3-9-23-39)54(59(56)63-53)38-20-6-2-7-21-38/h1-36H. The van der Waals surface area contributed by atoms with Gasteiger partial charge in [-0.2, -0.15) is 0 Å². The quantitative estimate of drug-likeness (QED) is 0.173. The average Bonchev–Trinajstić information content (AvgIpc) is 4.12. The molecule has 14 aromatic rings. The molecule has 0 N–H and O–H groups in total. The van der Waals surface area contributed by atoms with Crippen LogP contribution in [0.1, 0.15) is 0 Å². The van der Waals surface area contributed by atoms with Gasteiger partial charge >= 0.3 is 0 Å². The van der Waals surface area contributed by atoms with Crippen LogP contribution in [0.3, 0.4) is 0 Å². The van der Waals surface area contributed by atoms with E-state index in [1.807, 2.05) is 0 Å². The third kappa shape index (κ3) is 4.93. The molecule has 0 radical (unpaired) electrons. The van der Waals surface area contributed by atoms with Gasteiger partial charge in [0.15, 0.2) is 5.58 Å². The molecule has 0 aliphatic carbocycles. The van der Waals surface area contributed by atoms with E-state index in [9.17, 15) is 0 Å². The Hall–Kier alpha value is -8.60. The minimum absolute atomic E-state index is 0.809. The van der Waals surface area contributed by atoms with Gasteiger partial charge in [-0.3, -0.25) is 0 Å². The fraction of sp³-hybridized carbons (Fsp3) is 0. The molecule has 0 saturated heterocycles. The molecule has 0 unspecified atom stereocenters. The number of rotatable bonds is 5. The molecule has 4 heterocycles. The molecule has 10 aromatic carbocycles. The van der Waals surface area contributed by atoms with Crippen molar-refractivity contribution in [3.63, 3.8) is 0 Å². The number of hydrogen-bond acceptors (Lipinski definition) is 2. The van der Waals surface area contributed by atoms with Gasteiger partial charge in [0.05, 0.1) is 27.8 Å². The Morgan fingerprint density at radius 2 is 0.719 bits per heavy atom. The first-order valence-electron chi connectivity index (χ1n) is 21.8.